The van der Waals surface area contributed by atoms with Crippen molar-refractivity contribution in [1.82, 2.24) is 9.80 Å². The van der Waals surface area contributed by atoms with Crippen LogP contribution < -0.4 is 9.47 Å². The summed E-state index contributed by atoms with van der Waals surface area (Å²) in [5.74, 6) is 1.44. The third-order valence-corrected chi connectivity index (χ3v) is 4.87. The second-order valence-corrected chi connectivity index (χ2v) is 6.86. The number of halogens is 1. The van der Waals surface area contributed by atoms with Crippen LogP contribution in [0.5, 0.6) is 11.5 Å². The Morgan fingerprint density at radius 1 is 1.00 bits per heavy atom. The maximum atomic E-state index is 12.4. The molecule has 2 aromatic rings. The molecule has 0 radical (unpaired) electrons. The number of benzene rings is 2. The average molecular weight is 389 g/mol. The highest BCUT2D eigenvalue weighted by molar-refractivity contribution is 6.32. The van der Waals surface area contributed by atoms with Gasteiger partial charge in [0.1, 0.15) is 11.5 Å². The van der Waals surface area contributed by atoms with Gasteiger partial charge in [0.15, 0.2) is 6.61 Å². The molecule has 0 spiro atoms. The predicted octanol–water partition coefficient (Wildman–Crippen LogP) is 3.46. The first-order chi connectivity index (χ1) is 13.2. The summed E-state index contributed by atoms with van der Waals surface area (Å²) < 4.78 is 11.0. The molecule has 1 amide bonds. The fourth-order valence-corrected chi connectivity index (χ4v) is 3.25. The van der Waals surface area contributed by atoms with Crippen molar-refractivity contribution >= 4 is 17.5 Å². The number of piperazine rings is 1. The molecule has 1 saturated heterocycles. The fourth-order valence-electron chi connectivity index (χ4n) is 3.06. The summed E-state index contributed by atoms with van der Waals surface area (Å²) in [5, 5.41) is 0.519. The Bertz CT molecular complexity index is 743. The Kier molecular flexibility index (Phi) is 6.96. The van der Waals surface area contributed by atoms with Crippen LogP contribution >= 0.6 is 11.6 Å². The van der Waals surface area contributed by atoms with Gasteiger partial charge in [0.05, 0.1) is 11.6 Å². The van der Waals surface area contributed by atoms with E-state index in [1.165, 1.54) is 5.56 Å². The molecule has 1 aliphatic heterocycles. The van der Waals surface area contributed by atoms with Crippen LogP contribution in [0.15, 0.2) is 48.5 Å². The average Bonchev–Trinajstić information content (AvgIpc) is 2.69. The van der Waals surface area contributed by atoms with E-state index in [-0.39, 0.29) is 12.5 Å². The molecule has 5 nitrogen and oxygen atoms in total. The molecule has 3 rings (SSSR count). The van der Waals surface area contributed by atoms with Crippen molar-refractivity contribution in [2.45, 2.75) is 13.5 Å². The van der Waals surface area contributed by atoms with Gasteiger partial charge in [0.2, 0.25) is 0 Å². The first-order valence-corrected chi connectivity index (χ1v) is 9.62. The summed E-state index contributed by atoms with van der Waals surface area (Å²) in [6.07, 6.45) is 0. The molecule has 1 heterocycles. The Morgan fingerprint density at radius 3 is 2.37 bits per heavy atom. The van der Waals surface area contributed by atoms with Crippen molar-refractivity contribution in [3.05, 3.63) is 59.1 Å². The Hall–Kier alpha value is -2.24. The number of para-hydroxylation sites is 1. The molecule has 1 aliphatic rings. The number of rotatable bonds is 7. The monoisotopic (exact) mass is 388 g/mol. The molecule has 6 heteroatoms. The standard InChI is InChI=1S/C21H25ClN2O3/c1-2-26-18-9-7-17(8-10-18)15-23-11-13-24(14-12-23)21(25)16-27-20-6-4-3-5-19(20)22/h3-10H,2,11-16H2,1H3. The van der Waals surface area contributed by atoms with Gasteiger partial charge < -0.3 is 14.4 Å². The number of ether oxygens (including phenoxy) is 2. The molecule has 0 atom stereocenters. The Balaban J connectivity index is 1.42. The lowest BCUT2D eigenvalue weighted by Gasteiger charge is -2.34. The second kappa shape index (κ2) is 9.62. The van der Waals surface area contributed by atoms with Crippen LogP contribution in [0.3, 0.4) is 0 Å². The fraction of sp³-hybridized carbons (Fsp3) is 0.381. The molecule has 0 N–H and O–H groups in total. The zero-order chi connectivity index (χ0) is 19.1. The molecule has 144 valence electrons. The molecule has 0 saturated carbocycles. The van der Waals surface area contributed by atoms with Gasteiger partial charge in [-0.25, -0.2) is 0 Å². The summed E-state index contributed by atoms with van der Waals surface area (Å²) in [5.41, 5.74) is 1.25. The first-order valence-electron chi connectivity index (χ1n) is 9.25. The van der Waals surface area contributed by atoms with E-state index < -0.39 is 0 Å². The minimum absolute atomic E-state index is 0.00404. The highest BCUT2D eigenvalue weighted by Gasteiger charge is 2.21. The maximum Gasteiger partial charge on any atom is 0.260 e. The molecule has 27 heavy (non-hydrogen) atoms. The van der Waals surface area contributed by atoms with Gasteiger partial charge in [-0.05, 0) is 36.8 Å². The third kappa shape index (κ3) is 5.62. The Morgan fingerprint density at radius 2 is 1.70 bits per heavy atom. The molecule has 0 aliphatic carbocycles. The maximum absolute atomic E-state index is 12.4. The van der Waals surface area contributed by atoms with Crippen molar-refractivity contribution < 1.29 is 14.3 Å². The number of hydrogen-bond donors (Lipinski definition) is 0. The minimum atomic E-state index is -0.00404. The van der Waals surface area contributed by atoms with Crippen LogP contribution in [0.1, 0.15) is 12.5 Å². The lowest BCUT2D eigenvalue weighted by Crippen LogP contribution is -2.49. The summed E-state index contributed by atoms with van der Waals surface area (Å²) in [6, 6.07) is 15.4. The number of carbonyl (C=O) groups excluding carboxylic acids is 1. The number of amides is 1. The number of hydrogen-bond acceptors (Lipinski definition) is 4. The van der Waals surface area contributed by atoms with Gasteiger partial charge in [-0.15, -0.1) is 0 Å². The Labute approximate surface area is 165 Å². The zero-order valence-corrected chi connectivity index (χ0v) is 16.3. The van der Waals surface area contributed by atoms with E-state index in [4.69, 9.17) is 21.1 Å². The molecule has 0 unspecified atom stereocenters. The number of carbonyl (C=O) groups is 1. The smallest absolute Gasteiger partial charge is 0.260 e. The van der Waals surface area contributed by atoms with Gasteiger partial charge in [-0.1, -0.05) is 35.9 Å². The van der Waals surface area contributed by atoms with Crippen molar-refractivity contribution in [2.75, 3.05) is 39.4 Å². The third-order valence-electron chi connectivity index (χ3n) is 4.55. The summed E-state index contributed by atoms with van der Waals surface area (Å²) in [4.78, 5) is 16.6. The molecular weight excluding hydrogens is 364 g/mol. The summed E-state index contributed by atoms with van der Waals surface area (Å²) >= 11 is 6.05. The van der Waals surface area contributed by atoms with Crippen LogP contribution in [-0.4, -0.2) is 55.1 Å². The van der Waals surface area contributed by atoms with Crippen LogP contribution in [0.2, 0.25) is 5.02 Å². The highest BCUT2D eigenvalue weighted by atomic mass is 35.5. The van der Waals surface area contributed by atoms with Crippen LogP contribution in [0.4, 0.5) is 0 Å². The van der Waals surface area contributed by atoms with Crippen LogP contribution in [0, 0.1) is 0 Å². The van der Waals surface area contributed by atoms with E-state index in [1.54, 1.807) is 12.1 Å². The van der Waals surface area contributed by atoms with Gasteiger partial charge in [0, 0.05) is 32.7 Å². The molecule has 2 aromatic carbocycles. The minimum Gasteiger partial charge on any atom is -0.494 e. The van der Waals surface area contributed by atoms with Gasteiger partial charge in [-0.2, -0.15) is 0 Å². The zero-order valence-electron chi connectivity index (χ0n) is 15.6. The highest BCUT2D eigenvalue weighted by Crippen LogP contribution is 2.23. The van der Waals surface area contributed by atoms with Crippen LogP contribution in [-0.2, 0) is 11.3 Å². The van der Waals surface area contributed by atoms with E-state index in [1.807, 2.05) is 36.1 Å². The summed E-state index contributed by atoms with van der Waals surface area (Å²) in [6.45, 7) is 6.68. The predicted molar refractivity (Wildman–Crippen MR) is 106 cm³/mol. The van der Waals surface area contributed by atoms with Gasteiger partial charge in [-0.3, -0.25) is 9.69 Å². The lowest BCUT2D eigenvalue weighted by atomic mass is 10.2. The number of nitrogens with zero attached hydrogens (tertiary/aromatic N) is 2. The normalized spacial score (nSPS) is 14.8. The van der Waals surface area contributed by atoms with Crippen molar-refractivity contribution in [1.29, 1.82) is 0 Å². The first kappa shape index (κ1) is 19.5. The summed E-state index contributed by atoms with van der Waals surface area (Å²) in [7, 11) is 0. The SMILES string of the molecule is CCOc1ccc(CN2CCN(C(=O)COc3ccccc3Cl)CC2)cc1. The van der Waals surface area contributed by atoms with E-state index in [0.29, 0.717) is 30.5 Å². The molecule has 0 bridgehead atoms. The topological polar surface area (TPSA) is 42.0 Å². The van der Waals surface area contributed by atoms with Crippen LogP contribution in [0.25, 0.3) is 0 Å². The van der Waals surface area contributed by atoms with E-state index >= 15 is 0 Å². The van der Waals surface area contributed by atoms with E-state index in [9.17, 15) is 4.79 Å². The molecule has 1 fully saturated rings. The quantitative estimate of drug-likeness (QED) is 0.728. The molecular formula is C21H25ClN2O3. The van der Waals surface area contributed by atoms with E-state index in [0.717, 1.165) is 25.4 Å². The molecule has 0 aromatic heterocycles. The van der Waals surface area contributed by atoms with Crippen molar-refractivity contribution in [2.24, 2.45) is 0 Å². The van der Waals surface area contributed by atoms with Gasteiger partial charge in [0.25, 0.3) is 5.91 Å². The van der Waals surface area contributed by atoms with Gasteiger partial charge >= 0.3 is 0 Å². The van der Waals surface area contributed by atoms with E-state index in [2.05, 4.69) is 17.0 Å². The second-order valence-electron chi connectivity index (χ2n) is 6.45. The van der Waals surface area contributed by atoms with Crippen molar-refractivity contribution in [3.8, 4) is 11.5 Å². The lowest BCUT2D eigenvalue weighted by molar-refractivity contribution is -0.135. The van der Waals surface area contributed by atoms with Crippen molar-refractivity contribution in [3.63, 3.8) is 0 Å². The largest absolute Gasteiger partial charge is 0.494 e.